The lowest BCUT2D eigenvalue weighted by atomic mass is 10.1. The van der Waals surface area contributed by atoms with Crippen LogP contribution < -0.4 is 10.5 Å². The third-order valence-corrected chi connectivity index (χ3v) is 2.49. The summed E-state index contributed by atoms with van der Waals surface area (Å²) in [6.45, 7) is 1.73. The first kappa shape index (κ1) is 12.9. The van der Waals surface area contributed by atoms with E-state index in [1.807, 2.05) is 0 Å². The molecule has 0 fully saturated rings. The van der Waals surface area contributed by atoms with E-state index >= 15 is 0 Å². The minimum Gasteiger partial charge on any atom is -0.435 e. The van der Waals surface area contributed by atoms with E-state index in [2.05, 4.69) is 4.98 Å². The monoisotopic (exact) mass is 263 g/mol. The summed E-state index contributed by atoms with van der Waals surface area (Å²) in [5.41, 5.74) is 6.40. The van der Waals surface area contributed by atoms with Crippen LogP contribution in [0.4, 0.5) is 8.78 Å². The molecule has 0 spiro atoms. The summed E-state index contributed by atoms with van der Waals surface area (Å²) in [7, 11) is 0. The highest BCUT2D eigenvalue weighted by Gasteiger charge is 2.14. The first-order chi connectivity index (χ1) is 8.99. The number of nitrogen functional groups attached to an aromatic ring is 1. The number of nitrogens with one attached hydrogen (secondary N) is 1. The maximum Gasteiger partial charge on any atom is 0.230 e. The Morgan fingerprint density at radius 2 is 2.05 bits per heavy atom. The fraction of sp³-hybridized carbons (Fsp3) is 0.0769. The van der Waals surface area contributed by atoms with Crippen LogP contribution in [0.3, 0.4) is 0 Å². The molecule has 0 amide bonds. The predicted octanol–water partition coefficient (Wildman–Crippen LogP) is 2.74. The van der Waals surface area contributed by atoms with E-state index in [-0.39, 0.29) is 23.0 Å². The highest BCUT2D eigenvalue weighted by molar-refractivity contribution is 5.98. The Hall–Kier alpha value is -2.50. The Bertz CT molecular complexity index is 644. The van der Waals surface area contributed by atoms with Gasteiger partial charge in [0.2, 0.25) is 5.88 Å². The minimum atomic E-state index is -0.849. The number of pyridine rings is 1. The zero-order chi connectivity index (χ0) is 14.0. The van der Waals surface area contributed by atoms with Gasteiger partial charge in [-0.1, -0.05) is 0 Å². The van der Waals surface area contributed by atoms with Gasteiger partial charge in [-0.25, -0.2) is 13.8 Å². The van der Waals surface area contributed by atoms with Gasteiger partial charge >= 0.3 is 0 Å². The van der Waals surface area contributed by atoms with Crippen LogP contribution >= 0.6 is 0 Å². The second kappa shape index (κ2) is 5.01. The van der Waals surface area contributed by atoms with Crippen molar-refractivity contribution in [2.75, 3.05) is 0 Å². The molecule has 2 aromatic rings. The van der Waals surface area contributed by atoms with Gasteiger partial charge in [0.25, 0.3) is 0 Å². The molecule has 0 aliphatic heterocycles. The van der Waals surface area contributed by atoms with Gasteiger partial charge in [-0.2, -0.15) is 0 Å². The fourth-order valence-electron chi connectivity index (χ4n) is 1.60. The van der Waals surface area contributed by atoms with Gasteiger partial charge in [-0.15, -0.1) is 0 Å². The van der Waals surface area contributed by atoms with E-state index < -0.39 is 11.6 Å². The van der Waals surface area contributed by atoms with Gasteiger partial charge < -0.3 is 10.5 Å². The molecular weight excluding hydrogens is 252 g/mol. The van der Waals surface area contributed by atoms with Crippen LogP contribution in [0.1, 0.15) is 11.1 Å². The molecule has 1 aromatic heterocycles. The molecule has 3 N–H and O–H groups in total. The molecule has 0 saturated heterocycles. The van der Waals surface area contributed by atoms with E-state index in [1.54, 1.807) is 13.0 Å². The average Bonchev–Trinajstić information content (AvgIpc) is 2.32. The summed E-state index contributed by atoms with van der Waals surface area (Å²) in [5.74, 6) is -1.95. The van der Waals surface area contributed by atoms with E-state index in [9.17, 15) is 8.78 Å². The molecular formula is C13H11F2N3O. The van der Waals surface area contributed by atoms with Crippen molar-refractivity contribution in [3.8, 4) is 11.6 Å². The molecule has 1 heterocycles. The number of nitrogens with zero attached hydrogens (tertiary/aromatic N) is 1. The lowest BCUT2D eigenvalue weighted by Gasteiger charge is -2.11. The summed E-state index contributed by atoms with van der Waals surface area (Å²) in [6, 6.07) is 4.59. The van der Waals surface area contributed by atoms with Gasteiger partial charge in [0.1, 0.15) is 11.7 Å². The zero-order valence-corrected chi connectivity index (χ0v) is 10.1. The molecule has 1 aromatic carbocycles. The average molecular weight is 263 g/mol. The van der Waals surface area contributed by atoms with Gasteiger partial charge in [0.15, 0.2) is 11.6 Å². The number of aromatic nitrogens is 1. The molecule has 0 saturated carbocycles. The number of halogens is 2. The van der Waals surface area contributed by atoms with Crippen molar-refractivity contribution in [1.29, 1.82) is 5.41 Å². The number of nitrogens with two attached hydrogens (primary N) is 1. The molecule has 98 valence electrons. The second-order valence-electron chi connectivity index (χ2n) is 3.90. The highest BCUT2D eigenvalue weighted by atomic mass is 19.1. The molecule has 0 aliphatic carbocycles. The molecule has 0 unspecified atom stereocenters. The number of amidine groups is 1. The fourth-order valence-corrected chi connectivity index (χ4v) is 1.60. The Morgan fingerprint density at radius 3 is 2.68 bits per heavy atom. The Kier molecular flexibility index (Phi) is 3.41. The van der Waals surface area contributed by atoms with Gasteiger partial charge in [0.05, 0.1) is 5.56 Å². The number of hydrogen-bond acceptors (Lipinski definition) is 3. The number of aryl methyl sites for hydroxylation is 1. The number of ether oxygens (including phenoxy) is 1. The highest BCUT2D eigenvalue weighted by Crippen LogP contribution is 2.27. The lowest BCUT2D eigenvalue weighted by Crippen LogP contribution is -2.15. The van der Waals surface area contributed by atoms with Crippen LogP contribution in [0.5, 0.6) is 11.6 Å². The Morgan fingerprint density at radius 1 is 1.32 bits per heavy atom. The van der Waals surface area contributed by atoms with E-state index in [0.29, 0.717) is 11.6 Å². The van der Waals surface area contributed by atoms with Crippen molar-refractivity contribution in [3.05, 3.63) is 53.2 Å². The summed E-state index contributed by atoms with van der Waals surface area (Å²) in [6.07, 6.45) is 1.46. The summed E-state index contributed by atoms with van der Waals surface area (Å²) in [5, 5.41) is 7.47. The van der Waals surface area contributed by atoms with Gasteiger partial charge in [0, 0.05) is 12.3 Å². The third-order valence-electron chi connectivity index (χ3n) is 2.49. The van der Waals surface area contributed by atoms with Crippen LogP contribution in [-0.2, 0) is 0 Å². The number of benzene rings is 1. The lowest BCUT2D eigenvalue weighted by molar-refractivity contribution is 0.422. The maximum absolute atomic E-state index is 13.5. The van der Waals surface area contributed by atoms with E-state index in [0.717, 1.165) is 12.1 Å². The molecule has 19 heavy (non-hydrogen) atoms. The summed E-state index contributed by atoms with van der Waals surface area (Å²) >= 11 is 0. The normalized spacial score (nSPS) is 10.3. The molecule has 0 radical (unpaired) electrons. The standard InChI is InChI=1S/C13H11F2N3O/c1-7-4-5-18-13(11(7)12(16)17)19-10-3-2-8(14)6-9(10)15/h2-6H,1H3,(H3,16,17). The zero-order valence-electron chi connectivity index (χ0n) is 10.1. The van der Waals surface area contributed by atoms with Crippen LogP contribution in [-0.4, -0.2) is 10.8 Å². The minimum absolute atomic E-state index is 0.0120. The second-order valence-corrected chi connectivity index (χ2v) is 3.90. The third kappa shape index (κ3) is 2.67. The van der Waals surface area contributed by atoms with E-state index in [4.69, 9.17) is 15.9 Å². The summed E-state index contributed by atoms with van der Waals surface area (Å²) < 4.78 is 31.5. The van der Waals surface area contributed by atoms with Crippen molar-refractivity contribution in [1.82, 2.24) is 4.98 Å². The van der Waals surface area contributed by atoms with Crippen LogP contribution in [0.25, 0.3) is 0 Å². The largest absolute Gasteiger partial charge is 0.435 e. The Labute approximate surface area is 108 Å². The van der Waals surface area contributed by atoms with Crippen molar-refractivity contribution in [3.63, 3.8) is 0 Å². The van der Waals surface area contributed by atoms with Crippen molar-refractivity contribution in [2.45, 2.75) is 6.92 Å². The molecule has 2 rings (SSSR count). The van der Waals surface area contributed by atoms with Crippen LogP contribution in [0.15, 0.2) is 30.5 Å². The van der Waals surface area contributed by atoms with Crippen LogP contribution in [0.2, 0.25) is 0 Å². The molecule has 0 atom stereocenters. The predicted molar refractivity (Wildman–Crippen MR) is 66.4 cm³/mol. The first-order valence-electron chi connectivity index (χ1n) is 5.42. The Balaban J connectivity index is 2.44. The van der Waals surface area contributed by atoms with Gasteiger partial charge in [-0.05, 0) is 30.7 Å². The van der Waals surface area contributed by atoms with Gasteiger partial charge in [-0.3, -0.25) is 5.41 Å². The van der Waals surface area contributed by atoms with Crippen molar-refractivity contribution >= 4 is 5.84 Å². The first-order valence-corrected chi connectivity index (χ1v) is 5.42. The van der Waals surface area contributed by atoms with Crippen LogP contribution in [0, 0.1) is 24.0 Å². The van der Waals surface area contributed by atoms with Crippen molar-refractivity contribution in [2.24, 2.45) is 5.73 Å². The molecule has 0 bridgehead atoms. The topological polar surface area (TPSA) is 72.0 Å². The smallest absolute Gasteiger partial charge is 0.230 e. The molecule has 4 nitrogen and oxygen atoms in total. The maximum atomic E-state index is 13.5. The quantitative estimate of drug-likeness (QED) is 0.660. The number of rotatable bonds is 3. The molecule has 0 aliphatic rings. The van der Waals surface area contributed by atoms with Crippen molar-refractivity contribution < 1.29 is 13.5 Å². The summed E-state index contributed by atoms with van der Waals surface area (Å²) in [4.78, 5) is 3.92. The molecule has 6 heteroatoms. The SMILES string of the molecule is Cc1ccnc(Oc2ccc(F)cc2F)c1C(=N)N. The number of hydrogen-bond donors (Lipinski definition) is 2. The van der Waals surface area contributed by atoms with E-state index in [1.165, 1.54) is 6.20 Å².